The van der Waals surface area contributed by atoms with Gasteiger partial charge in [0.1, 0.15) is 16.7 Å². The van der Waals surface area contributed by atoms with Crippen LogP contribution in [0.1, 0.15) is 5.56 Å². The molecule has 0 saturated carbocycles. The zero-order valence-corrected chi connectivity index (χ0v) is 13.5. The summed E-state index contributed by atoms with van der Waals surface area (Å²) in [4.78, 5) is 22.4. The Balaban J connectivity index is 2.31. The van der Waals surface area contributed by atoms with E-state index in [0.29, 0.717) is 16.3 Å². The first-order chi connectivity index (χ1) is 11.4. The van der Waals surface area contributed by atoms with E-state index in [2.05, 4.69) is 5.32 Å². The monoisotopic (exact) mass is 361 g/mol. The van der Waals surface area contributed by atoms with Gasteiger partial charge in [-0.1, -0.05) is 41.4 Å². The summed E-state index contributed by atoms with van der Waals surface area (Å²) in [6.07, 6.45) is 1.23. The van der Waals surface area contributed by atoms with Gasteiger partial charge in [0, 0.05) is 6.07 Å². The molecule has 0 radical (unpaired) electrons. The van der Waals surface area contributed by atoms with Gasteiger partial charge in [0.2, 0.25) is 0 Å². The van der Waals surface area contributed by atoms with Gasteiger partial charge >= 0.3 is 0 Å². The number of benzene rings is 2. The minimum absolute atomic E-state index is 0.0313. The number of amides is 1. The number of rotatable bonds is 4. The zero-order chi connectivity index (χ0) is 17.7. The van der Waals surface area contributed by atoms with Gasteiger partial charge in [-0.25, -0.2) is 0 Å². The van der Waals surface area contributed by atoms with E-state index in [1.54, 1.807) is 30.3 Å². The summed E-state index contributed by atoms with van der Waals surface area (Å²) in [7, 11) is 0. The third kappa shape index (κ3) is 4.10. The normalized spacial score (nSPS) is 10.8. The number of carbonyl (C=O) groups is 1. The van der Waals surface area contributed by atoms with E-state index < -0.39 is 10.8 Å². The second kappa shape index (κ2) is 7.59. The summed E-state index contributed by atoms with van der Waals surface area (Å²) in [5.41, 5.74) is 0.116. The minimum atomic E-state index is -0.678. The summed E-state index contributed by atoms with van der Waals surface area (Å²) in [6, 6.07) is 12.3. The number of halogens is 2. The smallest absolute Gasteiger partial charge is 0.288 e. The molecule has 0 atom stereocenters. The molecule has 120 valence electrons. The number of carbonyl (C=O) groups excluding carboxylic acids is 1. The average Bonchev–Trinajstić information content (AvgIpc) is 2.55. The predicted molar refractivity (Wildman–Crippen MR) is 91.8 cm³/mol. The molecule has 0 spiro atoms. The second-order valence-corrected chi connectivity index (χ2v) is 5.39. The van der Waals surface area contributed by atoms with E-state index in [1.807, 2.05) is 0 Å². The Morgan fingerprint density at radius 1 is 1.21 bits per heavy atom. The van der Waals surface area contributed by atoms with Crippen molar-refractivity contribution in [3.8, 4) is 6.07 Å². The van der Waals surface area contributed by atoms with Gasteiger partial charge in [-0.05, 0) is 29.8 Å². The number of nitro groups is 1. The van der Waals surface area contributed by atoms with Crippen LogP contribution in [0.4, 0.5) is 11.4 Å². The van der Waals surface area contributed by atoms with Gasteiger partial charge < -0.3 is 5.32 Å². The van der Waals surface area contributed by atoms with Gasteiger partial charge in [0.05, 0.1) is 15.6 Å². The second-order valence-electron chi connectivity index (χ2n) is 4.57. The van der Waals surface area contributed by atoms with Gasteiger partial charge in [-0.15, -0.1) is 0 Å². The number of para-hydroxylation sites is 1. The standard InChI is InChI=1S/C16H9Cl2N3O3/c17-12-3-1-2-4-14(12)20-16(22)11(9-19)7-10-5-6-13(18)15(8-10)21(23)24/h1-8H,(H,20,22)/b11-7+. The summed E-state index contributed by atoms with van der Waals surface area (Å²) < 4.78 is 0. The Morgan fingerprint density at radius 2 is 1.92 bits per heavy atom. The fourth-order valence-electron chi connectivity index (χ4n) is 1.83. The van der Waals surface area contributed by atoms with Crippen molar-refractivity contribution in [3.05, 3.63) is 73.8 Å². The van der Waals surface area contributed by atoms with Crippen molar-refractivity contribution in [1.82, 2.24) is 0 Å². The Labute approximate surface area is 147 Å². The van der Waals surface area contributed by atoms with Crippen LogP contribution in [0.2, 0.25) is 10.0 Å². The first-order valence-corrected chi connectivity index (χ1v) is 7.29. The largest absolute Gasteiger partial charge is 0.320 e. The van der Waals surface area contributed by atoms with Crippen LogP contribution in [-0.4, -0.2) is 10.8 Å². The maximum atomic E-state index is 12.2. The van der Waals surface area contributed by atoms with E-state index >= 15 is 0 Å². The van der Waals surface area contributed by atoms with Crippen molar-refractivity contribution >= 4 is 46.6 Å². The molecule has 2 aromatic rings. The molecule has 1 N–H and O–H groups in total. The van der Waals surface area contributed by atoms with Crippen LogP contribution in [-0.2, 0) is 4.79 Å². The molecule has 0 unspecified atom stereocenters. The molecular weight excluding hydrogens is 353 g/mol. The number of nitriles is 1. The summed E-state index contributed by atoms with van der Waals surface area (Å²) >= 11 is 11.7. The van der Waals surface area contributed by atoms with E-state index in [-0.39, 0.29) is 16.3 Å². The van der Waals surface area contributed by atoms with Crippen LogP contribution < -0.4 is 5.32 Å². The molecule has 0 heterocycles. The van der Waals surface area contributed by atoms with Crippen LogP contribution in [0, 0.1) is 21.4 Å². The summed E-state index contributed by atoms with van der Waals surface area (Å²) in [5, 5.41) is 22.9. The highest BCUT2D eigenvalue weighted by atomic mass is 35.5. The molecule has 0 fully saturated rings. The number of hydrogen-bond donors (Lipinski definition) is 1. The molecule has 8 heteroatoms. The lowest BCUT2D eigenvalue weighted by molar-refractivity contribution is -0.384. The maximum absolute atomic E-state index is 12.2. The zero-order valence-electron chi connectivity index (χ0n) is 12.0. The minimum Gasteiger partial charge on any atom is -0.320 e. The van der Waals surface area contributed by atoms with Crippen molar-refractivity contribution < 1.29 is 9.72 Å². The Hall–Kier alpha value is -2.88. The number of anilines is 1. The van der Waals surface area contributed by atoms with Crippen molar-refractivity contribution in [2.45, 2.75) is 0 Å². The van der Waals surface area contributed by atoms with Crippen LogP contribution >= 0.6 is 23.2 Å². The molecule has 24 heavy (non-hydrogen) atoms. The molecule has 0 aliphatic rings. The van der Waals surface area contributed by atoms with Crippen molar-refractivity contribution in [2.75, 3.05) is 5.32 Å². The summed E-state index contributed by atoms with van der Waals surface area (Å²) in [6.45, 7) is 0. The Bertz CT molecular complexity index is 888. The molecule has 1 amide bonds. The maximum Gasteiger partial charge on any atom is 0.288 e. The number of nitro benzene ring substituents is 1. The fourth-order valence-corrected chi connectivity index (χ4v) is 2.20. The van der Waals surface area contributed by atoms with E-state index in [9.17, 15) is 14.9 Å². The molecule has 2 aromatic carbocycles. The highest BCUT2D eigenvalue weighted by Gasteiger charge is 2.15. The highest BCUT2D eigenvalue weighted by Crippen LogP contribution is 2.26. The van der Waals surface area contributed by atoms with Gasteiger partial charge in [0.25, 0.3) is 11.6 Å². The lowest BCUT2D eigenvalue weighted by atomic mass is 10.1. The van der Waals surface area contributed by atoms with Gasteiger partial charge in [-0.2, -0.15) is 5.26 Å². The summed E-state index contributed by atoms with van der Waals surface area (Å²) in [5.74, 6) is -0.678. The third-order valence-corrected chi connectivity index (χ3v) is 3.61. The van der Waals surface area contributed by atoms with Crippen molar-refractivity contribution in [3.63, 3.8) is 0 Å². The number of nitrogens with one attached hydrogen (secondary N) is 1. The SMILES string of the molecule is N#C/C(=C\c1ccc(Cl)c([N+](=O)[O-])c1)C(=O)Nc1ccccc1Cl. The molecule has 0 bridgehead atoms. The Morgan fingerprint density at radius 3 is 2.54 bits per heavy atom. The number of nitrogens with zero attached hydrogens (tertiary/aromatic N) is 2. The molecule has 0 aliphatic heterocycles. The molecule has 6 nitrogen and oxygen atoms in total. The van der Waals surface area contributed by atoms with E-state index in [1.165, 1.54) is 24.3 Å². The van der Waals surface area contributed by atoms with E-state index in [0.717, 1.165) is 0 Å². The number of hydrogen-bond acceptors (Lipinski definition) is 4. The van der Waals surface area contributed by atoms with E-state index in [4.69, 9.17) is 28.5 Å². The first-order valence-electron chi connectivity index (χ1n) is 6.54. The lowest BCUT2D eigenvalue weighted by Crippen LogP contribution is -2.13. The van der Waals surface area contributed by atoms with Crippen molar-refractivity contribution in [1.29, 1.82) is 5.26 Å². The molecule has 0 saturated heterocycles. The predicted octanol–water partition coefficient (Wildman–Crippen LogP) is 4.45. The lowest BCUT2D eigenvalue weighted by Gasteiger charge is -2.06. The van der Waals surface area contributed by atoms with Gasteiger partial charge in [0.15, 0.2) is 0 Å². The van der Waals surface area contributed by atoms with Crippen LogP contribution in [0.3, 0.4) is 0 Å². The van der Waals surface area contributed by atoms with Crippen molar-refractivity contribution in [2.24, 2.45) is 0 Å². The van der Waals surface area contributed by atoms with Crippen LogP contribution in [0.15, 0.2) is 48.0 Å². The molecule has 0 aliphatic carbocycles. The topological polar surface area (TPSA) is 96.0 Å². The average molecular weight is 362 g/mol. The molecule has 0 aromatic heterocycles. The third-order valence-electron chi connectivity index (χ3n) is 2.97. The first kappa shape index (κ1) is 17.5. The van der Waals surface area contributed by atoms with Gasteiger partial charge in [-0.3, -0.25) is 14.9 Å². The quantitative estimate of drug-likeness (QED) is 0.376. The highest BCUT2D eigenvalue weighted by molar-refractivity contribution is 6.34. The fraction of sp³-hybridized carbons (Fsp3) is 0. The molecule has 2 rings (SSSR count). The molecular formula is C16H9Cl2N3O3. The van der Waals surface area contributed by atoms with Crippen LogP contribution in [0.25, 0.3) is 6.08 Å². The van der Waals surface area contributed by atoms with Crippen LogP contribution in [0.5, 0.6) is 0 Å². The Kier molecular flexibility index (Phi) is 5.53.